The molecule has 2 rings (SSSR count). The molecule has 0 aliphatic carbocycles. The molecule has 0 radical (unpaired) electrons. The Labute approximate surface area is 119 Å². The summed E-state index contributed by atoms with van der Waals surface area (Å²) in [4.78, 5) is 10.7. The average molecular weight is 269 g/mol. The van der Waals surface area contributed by atoms with Crippen molar-refractivity contribution in [3.05, 3.63) is 54.0 Å². The van der Waals surface area contributed by atoms with E-state index in [1.54, 1.807) is 12.4 Å². The van der Waals surface area contributed by atoms with Gasteiger partial charge in [-0.3, -0.25) is 10.4 Å². The molecule has 0 amide bonds. The van der Waals surface area contributed by atoms with E-state index in [4.69, 9.17) is 11.1 Å². The van der Waals surface area contributed by atoms with Crippen LogP contribution >= 0.6 is 0 Å². The highest BCUT2D eigenvalue weighted by atomic mass is 15.2. The second-order valence-electron chi connectivity index (χ2n) is 4.75. The Morgan fingerprint density at radius 2 is 2.20 bits per heavy atom. The first-order valence-corrected chi connectivity index (χ1v) is 6.54. The molecule has 2 aromatic rings. The van der Waals surface area contributed by atoms with Crippen LogP contribution < -0.4 is 10.6 Å². The molecule has 5 heteroatoms. The zero-order valence-electron chi connectivity index (χ0n) is 11.6. The summed E-state index contributed by atoms with van der Waals surface area (Å²) in [5.74, 6) is 1.09. The Hall–Kier alpha value is -2.43. The van der Waals surface area contributed by atoms with Gasteiger partial charge in [0.1, 0.15) is 5.82 Å². The van der Waals surface area contributed by atoms with Gasteiger partial charge in [0, 0.05) is 38.1 Å². The van der Waals surface area contributed by atoms with Crippen molar-refractivity contribution in [3.63, 3.8) is 0 Å². The van der Waals surface area contributed by atoms with Crippen LogP contribution in [0.15, 0.2) is 42.9 Å². The van der Waals surface area contributed by atoms with Gasteiger partial charge in [-0.1, -0.05) is 6.07 Å². The molecule has 0 bridgehead atoms. The van der Waals surface area contributed by atoms with Crippen molar-refractivity contribution in [1.82, 2.24) is 9.97 Å². The van der Waals surface area contributed by atoms with Crippen LogP contribution in [0.2, 0.25) is 0 Å². The van der Waals surface area contributed by atoms with E-state index in [2.05, 4.69) is 14.9 Å². The number of rotatable bonds is 6. The van der Waals surface area contributed by atoms with Gasteiger partial charge in [0.25, 0.3) is 0 Å². The van der Waals surface area contributed by atoms with Crippen molar-refractivity contribution in [2.45, 2.75) is 19.9 Å². The van der Waals surface area contributed by atoms with Gasteiger partial charge in [0.2, 0.25) is 0 Å². The maximum atomic E-state index is 7.39. The predicted octanol–water partition coefficient (Wildman–Crippen LogP) is 2.12. The van der Waals surface area contributed by atoms with E-state index in [1.165, 1.54) is 0 Å². The molecule has 0 aliphatic heterocycles. The Bertz CT molecular complexity index is 567. The molecule has 20 heavy (non-hydrogen) atoms. The quantitative estimate of drug-likeness (QED) is 0.622. The van der Waals surface area contributed by atoms with Crippen molar-refractivity contribution >= 4 is 11.7 Å². The van der Waals surface area contributed by atoms with Gasteiger partial charge in [-0.2, -0.15) is 0 Å². The standard InChI is InChI=1S/C15H19N5/c1-12-4-7-19-15(9-12)20(8-5-14(16)17)11-13-3-2-6-18-10-13/h2-4,6-7,9-10H,5,8,11H2,1H3,(H3,16,17). The minimum Gasteiger partial charge on any atom is -0.388 e. The van der Waals surface area contributed by atoms with Crippen molar-refractivity contribution < 1.29 is 0 Å². The lowest BCUT2D eigenvalue weighted by Gasteiger charge is -2.23. The molecule has 0 saturated carbocycles. The van der Waals surface area contributed by atoms with E-state index in [1.807, 2.05) is 37.4 Å². The van der Waals surface area contributed by atoms with Crippen molar-refractivity contribution in [2.75, 3.05) is 11.4 Å². The number of aromatic nitrogens is 2. The van der Waals surface area contributed by atoms with Gasteiger partial charge in [-0.15, -0.1) is 0 Å². The lowest BCUT2D eigenvalue weighted by atomic mass is 10.2. The summed E-state index contributed by atoms with van der Waals surface area (Å²) in [5, 5.41) is 7.39. The topological polar surface area (TPSA) is 78.9 Å². The largest absolute Gasteiger partial charge is 0.388 e. The smallest absolute Gasteiger partial charge is 0.129 e. The van der Waals surface area contributed by atoms with E-state index in [0.29, 0.717) is 19.5 Å². The Morgan fingerprint density at radius 1 is 1.35 bits per heavy atom. The maximum absolute atomic E-state index is 7.39. The molecule has 2 aromatic heterocycles. The highest BCUT2D eigenvalue weighted by molar-refractivity contribution is 5.77. The predicted molar refractivity (Wildman–Crippen MR) is 80.8 cm³/mol. The highest BCUT2D eigenvalue weighted by Crippen LogP contribution is 2.15. The maximum Gasteiger partial charge on any atom is 0.129 e. The van der Waals surface area contributed by atoms with Gasteiger partial charge in [0.15, 0.2) is 0 Å². The summed E-state index contributed by atoms with van der Waals surface area (Å²) >= 11 is 0. The van der Waals surface area contributed by atoms with Crippen LogP contribution in [0, 0.1) is 12.3 Å². The summed E-state index contributed by atoms with van der Waals surface area (Å²) in [6.07, 6.45) is 5.93. The summed E-state index contributed by atoms with van der Waals surface area (Å²) in [6, 6.07) is 7.96. The molecule has 0 spiro atoms. The van der Waals surface area contributed by atoms with Crippen molar-refractivity contribution in [2.24, 2.45) is 5.73 Å². The molecule has 104 valence electrons. The fraction of sp³-hybridized carbons (Fsp3) is 0.267. The molecule has 5 nitrogen and oxygen atoms in total. The van der Waals surface area contributed by atoms with Crippen LogP contribution in [0.25, 0.3) is 0 Å². The molecule has 0 aromatic carbocycles. The first-order valence-electron chi connectivity index (χ1n) is 6.54. The van der Waals surface area contributed by atoms with Crippen LogP contribution in [-0.2, 0) is 6.54 Å². The number of aryl methyl sites for hydroxylation is 1. The zero-order chi connectivity index (χ0) is 14.4. The minimum atomic E-state index is 0.189. The zero-order valence-corrected chi connectivity index (χ0v) is 11.6. The average Bonchev–Trinajstić information content (AvgIpc) is 2.44. The third-order valence-electron chi connectivity index (χ3n) is 2.97. The number of nitrogens with two attached hydrogens (primary N) is 1. The van der Waals surface area contributed by atoms with E-state index < -0.39 is 0 Å². The second-order valence-corrected chi connectivity index (χ2v) is 4.75. The third-order valence-corrected chi connectivity index (χ3v) is 2.97. The molecule has 0 saturated heterocycles. The summed E-state index contributed by atoms with van der Waals surface area (Å²) in [5.41, 5.74) is 7.74. The molecular weight excluding hydrogens is 250 g/mol. The number of amidine groups is 1. The monoisotopic (exact) mass is 269 g/mol. The van der Waals surface area contributed by atoms with Crippen LogP contribution in [0.5, 0.6) is 0 Å². The van der Waals surface area contributed by atoms with Crippen molar-refractivity contribution in [3.8, 4) is 0 Å². The number of nitrogens with one attached hydrogen (secondary N) is 1. The Morgan fingerprint density at radius 3 is 2.85 bits per heavy atom. The molecular formula is C15H19N5. The highest BCUT2D eigenvalue weighted by Gasteiger charge is 2.09. The van der Waals surface area contributed by atoms with E-state index in [-0.39, 0.29) is 5.84 Å². The third kappa shape index (κ3) is 4.05. The number of hydrogen-bond donors (Lipinski definition) is 2. The van der Waals surface area contributed by atoms with Crippen LogP contribution in [0.3, 0.4) is 0 Å². The van der Waals surface area contributed by atoms with Gasteiger partial charge >= 0.3 is 0 Å². The van der Waals surface area contributed by atoms with Gasteiger partial charge in [0.05, 0.1) is 5.84 Å². The molecule has 0 aliphatic rings. The number of nitrogens with zero attached hydrogens (tertiary/aromatic N) is 3. The molecule has 0 unspecified atom stereocenters. The minimum absolute atomic E-state index is 0.189. The fourth-order valence-corrected chi connectivity index (χ4v) is 1.94. The molecule has 2 heterocycles. The Balaban J connectivity index is 2.18. The number of anilines is 1. The van der Waals surface area contributed by atoms with E-state index >= 15 is 0 Å². The van der Waals surface area contributed by atoms with Crippen molar-refractivity contribution in [1.29, 1.82) is 5.41 Å². The fourth-order valence-electron chi connectivity index (χ4n) is 1.94. The molecule has 3 N–H and O–H groups in total. The first-order chi connectivity index (χ1) is 9.65. The SMILES string of the molecule is Cc1ccnc(N(CCC(=N)N)Cc2cccnc2)c1. The van der Waals surface area contributed by atoms with Crippen LogP contribution in [0.1, 0.15) is 17.5 Å². The summed E-state index contributed by atoms with van der Waals surface area (Å²) < 4.78 is 0. The number of hydrogen-bond acceptors (Lipinski definition) is 4. The lowest BCUT2D eigenvalue weighted by molar-refractivity contribution is 0.783. The van der Waals surface area contributed by atoms with E-state index in [0.717, 1.165) is 16.9 Å². The van der Waals surface area contributed by atoms with Crippen LogP contribution in [0.4, 0.5) is 5.82 Å². The normalized spacial score (nSPS) is 10.2. The summed E-state index contributed by atoms with van der Waals surface area (Å²) in [6.45, 7) is 3.41. The molecule has 0 atom stereocenters. The van der Waals surface area contributed by atoms with Crippen LogP contribution in [-0.4, -0.2) is 22.3 Å². The first kappa shape index (κ1) is 14.0. The van der Waals surface area contributed by atoms with Gasteiger partial charge < -0.3 is 10.6 Å². The lowest BCUT2D eigenvalue weighted by Crippen LogP contribution is -2.28. The van der Waals surface area contributed by atoms with Gasteiger partial charge in [-0.05, 0) is 36.2 Å². The Kier molecular flexibility index (Phi) is 4.65. The van der Waals surface area contributed by atoms with Gasteiger partial charge in [-0.25, -0.2) is 4.98 Å². The summed E-state index contributed by atoms with van der Waals surface area (Å²) in [7, 11) is 0. The second kappa shape index (κ2) is 6.65. The van der Waals surface area contributed by atoms with E-state index in [9.17, 15) is 0 Å². The number of pyridine rings is 2. The molecule has 0 fully saturated rings.